The van der Waals surface area contributed by atoms with Gasteiger partial charge in [0.25, 0.3) is 5.91 Å². The summed E-state index contributed by atoms with van der Waals surface area (Å²) in [6.45, 7) is 8.28. The Morgan fingerprint density at radius 3 is 2.59 bits per heavy atom. The van der Waals surface area contributed by atoms with Gasteiger partial charge in [0, 0.05) is 10.9 Å². The lowest BCUT2D eigenvalue weighted by Crippen LogP contribution is -2.26. The number of nitrogens with zero attached hydrogens (tertiary/aromatic N) is 1. The van der Waals surface area contributed by atoms with E-state index in [1.807, 2.05) is 69.5 Å². The summed E-state index contributed by atoms with van der Waals surface area (Å²) in [6, 6.07) is 14.8. The van der Waals surface area contributed by atoms with Gasteiger partial charge >= 0.3 is 0 Å². The Labute approximate surface area is 175 Å². The summed E-state index contributed by atoms with van der Waals surface area (Å²) in [4.78, 5) is 17.1. The third kappa shape index (κ3) is 6.06. The number of thiazole rings is 1. The average molecular weight is 411 g/mol. The summed E-state index contributed by atoms with van der Waals surface area (Å²) >= 11 is 1.59. The predicted octanol–water partition coefficient (Wildman–Crippen LogP) is 5.31. The maximum atomic E-state index is 12.7. The monoisotopic (exact) mass is 410 g/mol. The number of rotatable bonds is 8. The van der Waals surface area contributed by atoms with Crippen LogP contribution in [0, 0.1) is 6.92 Å². The molecular weight excluding hydrogens is 384 g/mol. The van der Waals surface area contributed by atoms with Gasteiger partial charge in [0.2, 0.25) is 0 Å². The van der Waals surface area contributed by atoms with E-state index in [0.29, 0.717) is 17.9 Å². The van der Waals surface area contributed by atoms with Crippen LogP contribution in [0.25, 0.3) is 0 Å². The second kappa shape index (κ2) is 9.56. The van der Waals surface area contributed by atoms with E-state index in [1.54, 1.807) is 23.5 Å². The van der Waals surface area contributed by atoms with Crippen molar-refractivity contribution in [3.63, 3.8) is 0 Å². The van der Waals surface area contributed by atoms with Crippen LogP contribution >= 0.6 is 11.3 Å². The number of benzene rings is 2. The normalized spacial score (nSPS) is 11.9. The van der Waals surface area contributed by atoms with Crippen LogP contribution in [0.5, 0.6) is 11.5 Å². The number of hydrogen-bond donors (Lipinski definition) is 1. The molecule has 0 aliphatic heterocycles. The molecule has 3 aromatic rings. The quantitative estimate of drug-likeness (QED) is 0.547. The first kappa shape index (κ1) is 20.9. The van der Waals surface area contributed by atoms with Gasteiger partial charge in [-0.2, -0.15) is 0 Å². The summed E-state index contributed by atoms with van der Waals surface area (Å²) in [5.74, 6) is 1.29. The van der Waals surface area contributed by atoms with Crippen LogP contribution < -0.4 is 14.8 Å². The fraction of sp³-hybridized carbons (Fsp3) is 0.304. The van der Waals surface area contributed by atoms with Gasteiger partial charge in [-0.1, -0.05) is 18.2 Å². The Balaban J connectivity index is 1.62. The van der Waals surface area contributed by atoms with Gasteiger partial charge < -0.3 is 14.8 Å². The van der Waals surface area contributed by atoms with Crippen LogP contribution in [0.2, 0.25) is 0 Å². The minimum absolute atomic E-state index is 0.103. The van der Waals surface area contributed by atoms with Crippen LogP contribution in [-0.2, 0) is 6.61 Å². The lowest BCUT2D eigenvalue weighted by atomic mass is 10.1. The lowest BCUT2D eigenvalue weighted by molar-refractivity contribution is 0.0939. The lowest BCUT2D eigenvalue weighted by Gasteiger charge is -2.17. The van der Waals surface area contributed by atoms with Crippen molar-refractivity contribution < 1.29 is 14.3 Å². The largest absolute Gasteiger partial charge is 0.491 e. The van der Waals surface area contributed by atoms with E-state index in [-0.39, 0.29) is 18.1 Å². The van der Waals surface area contributed by atoms with E-state index in [2.05, 4.69) is 10.3 Å². The molecule has 1 atom stereocenters. The van der Waals surface area contributed by atoms with Crippen molar-refractivity contribution in [1.82, 2.24) is 10.3 Å². The Hall–Kier alpha value is -2.86. The summed E-state index contributed by atoms with van der Waals surface area (Å²) < 4.78 is 11.5. The third-order valence-electron chi connectivity index (χ3n) is 4.23. The van der Waals surface area contributed by atoms with Crippen LogP contribution in [0.4, 0.5) is 0 Å². The number of carbonyl (C=O) groups excluding carboxylic acids is 1. The van der Waals surface area contributed by atoms with Crippen molar-refractivity contribution in [2.75, 3.05) is 0 Å². The molecule has 3 rings (SSSR count). The summed E-state index contributed by atoms with van der Waals surface area (Å²) in [7, 11) is 0. The Bertz CT molecular complexity index is 968. The molecular formula is C23H26N2O3S. The average Bonchev–Trinajstić information content (AvgIpc) is 3.11. The van der Waals surface area contributed by atoms with Gasteiger partial charge in [-0.15, -0.1) is 11.3 Å². The van der Waals surface area contributed by atoms with Gasteiger partial charge in [0.05, 0.1) is 22.8 Å². The number of ether oxygens (including phenoxy) is 2. The molecule has 0 aliphatic carbocycles. The molecule has 2 aromatic carbocycles. The maximum absolute atomic E-state index is 12.7. The second-order valence-corrected chi connectivity index (χ2v) is 8.17. The molecule has 1 heterocycles. The zero-order chi connectivity index (χ0) is 20.8. The number of amides is 1. The fourth-order valence-corrected chi connectivity index (χ4v) is 3.45. The van der Waals surface area contributed by atoms with Crippen molar-refractivity contribution in [3.05, 3.63) is 75.7 Å². The second-order valence-electron chi connectivity index (χ2n) is 7.11. The van der Waals surface area contributed by atoms with Gasteiger partial charge in [-0.25, -0.2) is 4.98 Å². The first-order valence-corrected chi connectivity index (χ1v) is 10.5. The van der Waals surface area contributed by atoms with Crippen LogP contribution in [0.3, 0.4) is 0 Å². The molecule has 29 heavy (non-hydrogen) atoms. The minimum atomic E-state index is -0.152. The van der Waals surface area contributed by atoms with Gasteiger partial charge in [0.15, 0.2) is 0 Å². The molecule has 0 spiro atoms. The molecule has 0 saturated heterocycles. The SMILES string of the molecule is Cc1nc(COc2cccc(C(=O)NC(C)c3cccc(OC(C)C)c3)c2)cs1. The van der Waals surface area contributed by atoms with Crippen LogP contribution in [0.1, 0.15) is 53.4 Å². The van der Waals surface area contributed by atoms with Crippen molar-refractivity contribution in [3.8, 4) is 11.5 Å². The first-order chi connectivity index (χ1) is 13.9. The van der Waals surface area contributed by atoms with Crippen LogP contribution in [-0.4, -0.2) is 17.0 Å². The molecule has 1 aromatic heterocycles. The van der Waals surface area contributed by atoms with E-state index < -0.39 is 0 Å². The van der Waals surface area contributed by atoms with E-state index >= 15 is 0 Å². The molecule has 1 unspecified atom stereocenters. The molecule has 1 N–H and O–H groups in total. The number of nitrogens with one attached hydrogen (secondary N) is 1. The molecule has 152 valence electrons. The molecule has 5 nitrogen and oxygen atoms in total. The van der Waals surface area contributed by atoms with E-state index in [0.717, 1.165) is 22.0 Å². The number of carbonyl (C=O) groups is 1. The smallest absolute Gasteiger partial charge is 0.251 e. The molecule has 0 aliphatic rings. The number of aromatic nitrogens is 1. The third-order valence-corrected chi connectivity index (χ3v) is 5.05. The molecule has 0 fully saturated rings. The van der Waals surface area contributed by atoms with Gasteiger partial charge in [-0.3, -0.25) is 4.79 Å². The standard InChI is InChI=1S/C23H26N2O3S/c1-15(2)28-22-10-5-7-18(11-22)16(3)24-23(26)19-8-6-9-21(12-19)27-13-20-14-29-17(4)25-20/h5-12,14-16H,13H2,1-4H3,(H,24,26). The van der Waals surface area contributed by atoms with E-state index in [1.165, 1.54) is 0 Å². The Morgan fingerprint density at radius 1 is 1.10 bits per heavy atom. The highest BCUT2D eigenvalue weighted by Crippen LogP contribution is 2.21. The van der Waals surface area contributed by atoms with Gasteiger partial charge in [0.1, 0.15) is 18.1 Å². The summed E-state index contributed by atoms with van der Waals surface area (Å²) in [6.07, 6.45) is 0.103. The van der Waals surface area contributed by atoms with E-state index in [9.17, 15) is 4.79 Å². The molecule has 0 bridgehead atoms. The first-order valence-electron chi connectivity index (χ1n) is 9.62. The number of aryl methyl sites for hydroxylation is 1. The summed E-state index contributed by atoms with van der Waals surface area (Å²) in [5.41, 5.74) is 2.43. The van der Waals surface area contributed by atoms with Gasteiger partial charge in [-0.05, 0) is 63.6 Å². The molecule has 0 radical (unpaired) electrons. The zero-order valence-electron chi connectivity index (χ0n) is 17.1. The predicted molar refractivity (Wildman–Crippen MR) is 116 cm³/mol. The molecule has 0 saturated carbocycles. The van der Waals surface area contributed by atoms with Crippen molar-refractivity contribution in [2.45, 2.75) is 46.4 Å². The minimum Gasteiger partial charge on any atom is -0.491 e. The van der Waals surface area contributed by atoms with E-state index in [4.69, 9.17) is 9.47 Å². The Morgan fingerprint density at radius 2 is 1.86 bits per heavy atom. The number of hydrogen-bond acceptors (Lipinski definition) is 5. The highest BCUT2D eigenvalue weighted by molar-refractivity contribution is 7.09. The molecule has 1 amide bonds. The topological polar surface area (TPSA) is 60.5 Å². The molecule has 6 heteroatoms. The zero-order valence-corrected chi connectivity index (χ0v) is 18.0. The summed E-state index contributed by atoms with van der Waals surface area (Å²) in [5, 5.41) is 6.02. The highest BCUT2D eigenvalue weighted by atomic mass is 32.1. The van der Waals surface area contributed by atoms with Crippen LogP contribution in [0.15, 0.2) is 53.9 Å². The highest BCUT2D eigenvalue weighted by Gasteiger charge is 2.13. The fourth-order valence-electron chi connectivity index (χ4n) is 2.85. The Kier molecular flexibility index (Phi) is 6.88. The van der Waals surface area contributed by atoms with Crippen molar-refractivity contribution in [1.29, 1.82) is 0 Å². The van der Waals surface area contributed by atoms with Crippen molar-refractivity contribution in [2.24, 2.45) is 0 Å². The van der Waals surface area contributed by atoms with Crippen molar-refractivity contribution >= 4 is 17.2 Å². The maximum Gasteiger partial charge on any atom is 0.251 e.